The summed E-state index contributed by atoms with van der Waals surface area (Å²) < 4.78 is 29.1. The summed E-state index contributed by atoms with van der Waals surface area (Å²) in [6.07, 6.45) is 0. The summed E-state index contributed by atoms with van der Waals surface area (Å²) in [7, 11) is -0.109. The second-order valence-corrected chi connectivity index (χ2v) is 4.41. The van der Waals surface area contributed by atoms with Gasteiger partial charge in [-0.25, -0.2) is 4.57 Å². The average molecular weight is 251 g/mol. The number of ether oxygens (including phenoxy) is 1. The minimum absolute atomic E-state index is 0.308. The summed E-state index contributed by atoms with van der Waals surface area (Å²) in [6, 6.07) is 0. The van der Waals surface area contributed by atoms with E-state index in [9.17, 15) is 4.57 Å². The van der Waals surface area contributed by atoms with Crippen molar-refractivity contribution < 1.29 is 22.9 Å². The van der Waals surface area contributed by atoms with Crippen LogP contribution in [0.1, 0.15) is 0 Å². The van der Waals surface area contributed by atoms with Gasteiger partial charge >= 0.3 is 13.8 Å². The summed E-state index contributed by atoms with van der Waals surface area (Å²) in [5.74, 6) is -0.324. The molecule has 0 rings (SSSR count). The van der Waals surface area contributed by atoms with Crippen molar-refractivity contribution in [2.75, 3.05) is 21.3 Å². The van der Waals surface area contributed by atoms with E-state index in [1.165, 1.54) is 7.11 Å². The molecule has 0 aromatic carbocycles. The summed E-state index contributed by atoms with van der Waals surface area (Å²) in [6.45, 7) is 0. The molecule has 0 aliphatic carbocycles. The van der Waals surface area contributed by atoms with E-state index in [1.807, 2.05) is 0 Å². The number of phosphoric ester groups is 1. The minimum Gasteiger partial charge on any atom is -0.467 e. The summed E-state index contributed by atoms with van der Waals surface area (Å²) >= 11 is 10.7. The lowest BCUT2D eigenvalue weighted by atomic mass is 11.0. The van der Waals surface area contributed by atoms with Crippen LogP contribution < -0.4 is 0 Å². The second-order valence-electron chi connectivity index (χ2n) is 1.66. The zero-order chi connectivity index (χ0) is 10.5. The smallest absolute Gasteiger partial charge is 0.467 e. The third-order valence-corrected chi connectivity index (χ3v) is 2.57. The molecule has 78 valence electrons. The van der Waals surface area contributed by atoms with Crippen molar-refractivity contribution in [3.05, 3.63) is 10.4 Å². The van der Waals surface area contributed by atoms with E-state index in [4.69, 9.17) is 23.2 Å². The van der Waals surface area contributed by atoms with E-state index in [0.29, 0.717) is 0 Å². The molecular weight excluding hydrogens is 242 g/mol. The normalized spacial score (nSPS) is 10.8. The maximum atomic E-state index is 11.3. The fraction of sp³-hybridized carbons (Fsp3) is 0.600. The van der Waals surface area contributed by atoms with Gasteiger partial charge in [0, 0.05) is 14.2 Å². The van der Waals surface area contributed by atoms with Crippen LogP contribution in [0.25, 0.3) is 0 Å². The predicted molar refractivity (Wildman–Crippen MR) is 48.5 cm³/mol. The Morgan fingerprint density at radius 1 is 1.15 bits per heavy atom. The zero-order valence-corrected chi connectivity index (χ0v) is 9.65. The zero-order valence-electron chi connectivity index (χ0n) is 7.24. The number of halogens is 2. The Hall–Kier alpha value is 0.0700. The van der Waals surface area contributed by atoms with Crippen LogP contribution in [0.2, 0.25) is 0 Å². The Morgan fingerprint density at radius 2 is 1.62 bits per heavy atom. The van der Waals surface area contributed by atoms with Crippen LogP contribution in [-0.4, -0.2) is 21.3 Å². The van der Waals surface area contributed by atoms with Crippen LogP contribution in [-0.2, 0) is 22.9 Å². The van der Waals surface area contributed by atoms with Crippen molar-refractivity contribution in [2.45, 2.75) is 0 Å². The molecule has 0 aliphatic heterocycles. The van der Waals surface area contributed by atoms with Crippen LogP contribution in [0, 0.1) is 0 Å². The van der Waals surface area contributed by atoms with Gasteiger partial charge in [-0.3, -0.25) is 9.05 Å². The van der Waals surface area contributed by atoms with E-state index >= 15 is 0 Å². The summed E-state index contributed by atoms with van der Waals surface area (Å²) in [5.41, 5.74) is 0. The van der Waals surface area contributed by atoms with Crippen LogP contribution in [0.4, 0.5) is 0 Å². The number of hydrogen-bond donors (Lipinski definition) is 0. The van der Waals surface area contributed by atoms with E-state index < -0.39 is 7.82 Å². The lowest BCUT2D eigenvalue weighted by molar-refractivity contribution is 0.0986. The molecule has 0 amide bonds. The van der Waals surface area contributed by atoms with Gasteiger partial charge in [0.2, 0.25) is 0 Å². The Kier molecular flexibility index (Phi) is 5.76. The molecule has 0 N–H and O–H groups in total. The van der Waals surface area contributed by atoms with Gasteiger partial charge in [0.1, 0.15) is 0 Å². The van der Waals surface area contributed by atoms with Gasteiger partial charge in [-0.15, -0.1) is 0 Å². The molecule has 0 unspecified atom stereocenters. The number of rotatable bonds is 5. The highest BCUT2D eigenvalue weighted by Crippen LogP contribution is 2.50. The third kappa shape index (κ3) is 4.20. The van der Waals surface area contributed by atoms with Crippen molar-refractivity contribution in [3.8, 4) is 0 Å². The number of methoxy groups -OCH3 is 1. The predicted octanol–water partition coefficient (Wildman–Crippen LogP) is 2.65. The highest BCUT2D eigenvalue weighted by Gasteiger charge is 2.27. The van der Waals surface area contributed by atoms with E-state index in [2.05, 4.69) is 18.3 Å². The average Bonchev–Trinajstić information content (AvgIpc) is 2.13. The molecule has 0 saturated carbocycles. The molecule has 0 spiro atoms. The Morgan fingerprint density at radius 3 is 1.85 bits per heavy atom. The van der Waals surface area contributed by atoms with Gasteiger partial charge in [0.25, 0.3) is 0 Å². The van der Waals surface area contributed by atoms with Crippen LogP contribution in [0.15, 0.2) is 10.4 Å². The van der Waals surface area contributed by atoms with Crippen molar-refractivity contribution in [3.63, 3.8) is 0 Å². The molecule has 0 saturated heterocycles. The van der Waals surface area contributed by atoms with Gasteiger partial charge < -0.3 is 9.26 Å². The second kappa shape index (κ2) is 5.73. The third-order valence-electron chi connectivity index (χ3n) is 0.982. The molecule has 8 heteroatoms. The van der Waals surface area contributed by atoms with E-state index in [0.717, 1.165) is 14.2 Å². The quantitative estimate of drug-likeness (QED) is 0.555. The molecule has 0 aliphatic rings. The van der Waals surface area contributed by atoms with Gasteiger partial charge in [-0.05, 0) is 0 Å². The van der Waals surface area contributed by atoms with Crippen molar-refractivity contribution >= 4 is 31.0 Å². The monoisotopic (exact) mass is 250 g/mol. The van der Waals surface area contributed by atoms with Gasteiger partial charge in [-0.2, -0.15) is 0 Å². The Balaban J connectivity index is 4.58. The fourth-order valence-corrected chi connectivity index (χ4v) is 1.41. The number of hydrogen-bond acceptors (Lipinski definition) is 5. The molecule has 0 fully saturated rings. The molecule has 5 nitrogen and oxygen atoms in total. The fourth-order valence-electron chi connectivity index (χ4n) is 0.400. The molecule has 13 heavy (non-hydrogen) atoms. The van der Waals surface area contributed by atoms with Crippen LogP contribution >= 0.6 is 31.0 Å². The largest absolute Gasteiger partial charge is 0.531 e. The lowest BCUT2D eigenvalue weighted by Crippen LogP contribution is -1.97. The molecule has 0 radical (unpaired) electrons. The number of phosphoric acid groups is 1. The first-order valence-electron chi connectivity index (χ1n) is 2.99. The molecular formula is C5H9Cl2O5P. The van der Waals surface area contributed by atoms with Crippen molar-refractivity contribution in [2.24, 2.45) is 0 Å². The van der Waals surface area contributed by atoms with E-state index in [1.54, 1.807) is 0 Å². The first-order chi connectivity index (χ1) is 5.99. The molecule has 0 aromatic heterocycles. The Bertz CT molecular complexity index is 229. The maximum absolute atomic E-state index is 11.3. The highest BCUT2D eigenvalue weighted by molar-refractivity contribution is 7.48. The molecule has 0 heterocycles. The lowest BCUT2D eigenvalue weighted by Gasteiger charge is -2.14. The topological polar surface area (TPSA) is 54.0 Å². The standard InChI is InChI=1S/C5H9Cl2O5P/c1-9-5(4(6)7)12-13(8,10-2)11-3/h1-3H3. The van der Waals surface area contributed by atoms with Crippen LogP contribution in [0.5, 0.6) is 0 Å². The molecule has 0 atom stereocenters. The SMILES string of the molecule is COC(OP(=O)(OC)OC)=C(Cl)Cl. The highest BCUT2D eigenvalue weighted by atomic mass is 35.5. The van der Waals surface area contributed by atoms with E-state index in [-0.39, 0.29) is 10.4 Å². The van der Waals surface area contributed by atoms with Crippen LogP contribution in [0.3, 0.4) is 0 Å². The minimum atomic E-state index is -3.66. The maximum Gasteiger partial charge on any atom is 0.531 e. The Labute approximate surface area is 86.1 Å². The van der Waals surface area contributed by atoms with Gasteiger partial charge in [-0.1, -0.05) is 23.2 Å². The molecule has 0 bridgehead atoms. The van der Waals surface area contributed by atoms with Crippen molar-refractivity contribution in [1.29, 1.82) is 0 Å². The van der Waals surface area contributed by atoms with Gasteiger partial charge in [0.15, 0.2) is 4.49 Å². The first-order valence-corrected chi connectivity index (χ1v) is 5.21. The van der Waals surface area contributed by atoms with Gasteiger partial charge in [0.05, 0.1) is 7.11 Å². The van der Waals surface area contributed by atoms with Crippen molar-refractivity contribution in [1.82, 2.24) is 0 Å². The summed E-state index contributed by atoms with van der Waals surface area (Å²) in [5, 5.41) is 0. The first kappa shape index (κ1) is 13.1. The summed E-state index contributed by atoms with van der Waals surface area (Å²) in [4.78, 5) is 0. The molecule has 0 aromatic rings.